The summed E-state index contributed by atoms with van der Waals surface area (Å²) in [6, 6.07) is 25.9. The monoisotopic (exact) mass is 658 g/mol. The summed E-state index contributed by atoms with van der Waals surface area (Å²) in [4.78, 5) is 4.59. The van der Waals surface area contributed by atoms with Crippen molar-refractivity contribution in [2.75, 3.05) is 0 Å². The number of halogens is 2. The summed E-state index contributed by atoms with van der Waals surface area (Å²) in [6.07, 6.45) is 1.83. The summed E-state index contributed by atoms with van der Waals surface area (Å²) in [5.41, 5.74) is 3.88. The van der Waals surface area contributed by atoms with E-state index in [1.807, 2.05) is 86.6 Å². The molecule has 0 aliphatic heterocycles. The van der Waals surface area contributed by atoms with Gasteiger partial charge in [0.15, 0.2) is 0 Å². The van der Waals surface area contributed by atoms with Crippen molar-refractivity contribution in [2.24, 2.45) is 4.99 Å². The molecule has 0 saturated carbocycles. The first kappa shape index (κ1) is 23.5. The van der Waals surface area contributed by atoms with E-state index >= 15 is 0 Å². The van der Waals surface area contributed by atoms with Crippen LogP contribution in [0.4, 0.5) is 5.88 Å². The highest BCUT2D eigenvalue weighted by molar-refractivity contribution is 14.1. The molecular weight excluding hydrogens is 638 g/mol. The predicted molar refractivity (Wildman–Crippen MR) is 149 cm³/mol. The third-order valence-corrected chi connectivity index (χ3v) is 6.41. The normalized spacial score (nSPS) is 11.2. The van der Waals surface area contributed by atoms with Gasteiger partial charge in [-0.2, -0.15) is 5.26 Å². The molecule has 6 heteroatoms. The van der Waals surface area contributed by atoms with Crippen LogP contribution in [0.2, 0.25) is 0 Å². The van der Waals surface area contributed by atoms with Crippen LogP contribution in [-0.2, 0) is 0 Å². The molecule has 33 heavy (non-hydrogen) atoms. The average molecular weight is 658 g/mol. The molecule has 4 aromatic rings. The molecule has 0 atom stereocenters. The second-order valence-electron chi connectivity index (χ2n) is 7.57. The number of aliphatic imine (C=N–C) groups is 1. The minimum Gasteiger partial charge on any atom is -0.489 e. The summed E-state index contributed by atoms with van der Waals surface area (Å²) in [7, 11) is 0. The van der Waals surface area contributed by atoms with Crippen LogP contribution in [-0.4, -0.2) is 12.3 Å². The molecule has 0 bridgehead atoms. The largest absolute Gasteiger partial charge is 0.489 e. The van der Waals surface area contributed by atoms with Crippen LogP contribution in [0.15, 0.2) is 82.2 Å². The van der Waals surface area contributed by atoms with Crippen molar-refractivity contribution in [3.8, 4) is 34.3 Å². The SMILES string of the molecule is CC(C)Oc1c(I)cc(C=Nc2oc(-c3ccccc3)c(-c3ccccc3)c2C#N)cc1I. The highest BCUT2D eigenvalue weighted by Crippen LogP contribution is 2.42. The summed E-state index contributed by atoms with van der Waals surface area (Å²) in [5, 5.41) is 10.0. The Kier molecular flexibility index (Phi) is 7.50. The van der Waals surface area contributed by atoms with Crippen LogP contribution >= 0.6 is 45.2 Å². The van der Waals surface area contributed by atoms with E-state index < -0.39 is 0 Å². The Morgan fingerprint density at radius 3 is 2.06 bits per heavy atom. The number of hydrogen-bond acceptors (Lipinski definition) is 4. The van der Waals surface area contributed by atoms with Crippen LogP contribution in [0, 0.1) is 18.5 Å². The summed E-state index contributed by atoms with van der Waals surface area (Å²) < 4.78 is 14.1. The minimum atomic E-state index is 0.0978. The lowest BCUT2D eigenvalue weighted by molar-refractivity contribution is 0.239. The topological polar surface area (TPSA) is 58.5 Å². The maximum atomic E-state index is 10.0. The quantitative estimate of drug-likeness (QED) is 0.155. The smallest absolute Gasteiger partial charge is 0.238 e. The number of furan rings is 1. The molecule has 4 rings (SSSR count). The van der Waals surface area contributed by atoms with Crippen molar-refractivity contribution < 1.29 is 9.15 Å². The van der Waals surface area contributed by atoms with Crippen molar-refractivity contribution in [3.63, 3.8) is 0 Å². The van der Waals surface area contributed by atoms with Gasteiger partial charge >= 0.3 is 0 Å². The van der Waals surface area contributed by atoms with E-state index in [4.69, 9.17) is 9.15 Å². The molecule has 0 radical (unpaired) electrons. The van der Waals surface area contributed by atoms with Crippen molar-refractivity contribution >= 4 is 57.3 Å². The number of hydrogen-bond donors (Lipinski definition) is 0. The molecule has 0 N–H and O–H groups in total. The number of nitrogens with zero attached hydrogens (tertiary/aromatic N) is 2. The van der Waals surface area contributed by atoms with E-state index in [1.165, 1.54) is 0 Å². The van der Waals surface area contributed by atoms with Crippen molar-refractivity contribution in [1.29, 1.82) is 5.26 Å². The standard InChI is InChI=1S/C27H20I2N2O2/c1-17(2)32-26-22(28)13-18(14-23(26)29)16-31-27-21(15-30)24(19-9-5-3-6-10-19)25(33-27)20-11-7-4-8-12-20/h3-14,16-17H,1-2H3. The first-order chi connectivity index (χ1) is 16.0. The second-order valence-corrected chi connectivity index (χ2v) is 9.89. The summed E-state index contributed by atoms with van der Waals surface area (Å²) in [6.45, 7) is 4.02. The Morgan fingerprint density at radius 1 is 0.939 bits per heavy atom. The van der Waals surface area contributed by atoms with Crippen molar-refractivity contribution in [1.82, 2.24) is 0 Å². The summed E-state index contributed by atoms with van der Waals surface area (Å²) >= 11 is 4.54. The summed E-state index contributed by atoms with van der Waals surface area (Å²) in [5.74, 6) is 1.80. The van der Waals surface area contributed by atoms with Crippen LogP contribution in [0.25, 0.3) is 22.5 Å². The number of ether oxygens (including phenoxy) is 1. The zero-order chi connectivity index (χ0) is 23.4. The molecule has 164 valence electrons. The van der Waals surface area contributed by atoms with Gasteiger partial charge in [-0.25, -0.2) is 4.99 Å². The number of nitriles is 1. The molecule has 0 unspecified atom stereocenters. The lowest BCUT2D eigenvalue weighted by Gasteiger charge is -2.13. The maximum Gasteiger partial charge on any atom is 0.238 e. The number of rotatable bonds is 6. The molecule has 0 aliphatic carbocycles. The van der Waals surface area contributed by atoms with Crippen LogP contribution in [0.1, 0.15) is 25.0 Å². The van der Waals surface area contributed by atoms with Gasteiger partial charge in [0.25, 0.3) is 0 Å². The molecule has 3 aromatic carbocycles. The van der Waals surface area contributed by atoms with Gasteiger partial charge in [0.2, 0.25) is 5.88 Å². The van der Waals surface area contributed by atoms with Gasteiger partial charge in [-0.1, -0.05) is 60.7 Å². The Morgan fingerprint density at radius 2 is 1.52 bits per heavy atom. The molecule has 0 aliphatic rings. The minimum absolute atomic E-state index is 0.0978. The van der Waals surface area contributed by atoms with E-state index in [1.54, 1.807) is 6.21 Å². The Hall–Kier alpha value is -2.64. The fraction of sp³-hybridized carbons (Fsp3) is 0.111. The third kappa shape index (κ3) is 5.31. The molecule has 4 nitrogen and oxygen atoms in total. The Bertz CT molecular complexity index is 1320. The van der Waals surface area contributed by atoms with Crippen molar-refractivity contribution in [2.45, 2.75) is 20.0 Å². The molecule has 1 heterocycles. The molecular formula is C27H20I2N2O2. The van der Waals surface area contributed by atoms with E-state index in [9.17, 15) is 5.26 Å². The van der Waals surface area contributed by atoms with Crippen LogP contribution < -0.4 is 4.74 Å². The van der Waals surface area contributed by atoms with E-state index in [0.29, 0.717) is 17.2 Å². The average Bonchev–Trinajstić information content (AvgIpc) is 3.19. The zero-order valence-corrected chi connectivity index (χ0v) is 22.4. The van der Waals surface area contributed by atoms with Crippen molar-refractivity contribution in [3.05, 3.63) is 91.1 Å². The van der Waals surface area contributed by atoms with Gasteiger partial charge in [-0.15, -0.1) is 0 Å². The zero-order valence-electron chi connectivity index (χ0n) is 18.0. The van der Waals surface area contributed by atoms with Gasteiger partial charge < -0.3 is 9.15 Å². The van der Waals surface area contributed by atoms with Gasteiger partial charge in [-0.3, -0.25) is 0 Å². The van der Waals surface area contributed by atoms with Crippen LogP contribution in [0.3, 0.4) is 0 Å². The molecule has 0 amide bonds. The fourth-order valence-corrected chi connectivity index (χ4v) is 5.49. The van der Waals surface area contributed by atoms with Gasteiger partial charge in [-0.05, 0) is 82.3 Å². The highest BCUT2D eigenvalue weighted by atomic mass is 127. The lowest BCUT2D eigenvalue weighted by Crippen LogP contribution is -2.08. The first-order valence-electron chi connectivity index (χ1n) is 10.4. The first-order valence-corrected chi connectivity index (χ1v) is 12.5. The Labute approximate surface area is 220 Å². The van der Waals surface area contributed by atoms with E-state index in [2.05, 4.69) is 56.2 Å². The third-order valence-electron chi connectivity index (χ3n) is 4.80. The highest BCUT2D eigenvalue weighted by Gasteiger charge is 2.22. The predicted octanol–water partition coefficient (Wildman–Crippen LogP) is 8.23. The second kappa shape index (κ2) is 10.5. The molecule has 0 spiro atoms. The lowest BCUT2D eigenvalue weighted by atomic mass is 9.98. The fourth-order valence-electron chi connectivity index (χ4n) is 3.42. The van der Waals surface area contributed by atoms with Gasteiger partial charge in [0.1, 0.15) is 23.1 Å². The van der Waals surface area contributed by atoms with Gasteiger partial charge in [0, 0.05) is 17.3 Å². The Balaban J connectivity index is 1.80. The maximum absolute atomic E-state index is 10.0. The van der Waals surface area contributed by atoms with E-state index in [-0.39, 0.29) is 6.10 Å². The van der Waals surface area contributed by atoms with Gasteiger partial charge in [0.05, 0.1) is 13.2 Å². The molecule has 1 aromatic heterocycles. The molecule has 0 fully saturated rings. The van der Waals surface area contributed by atoms with Crippen LogP contribution in [0.5, 0.6) is 5.75 Å². The molecule has 0 saturated heterocycles. The number of benzene rings is 3. The van der Waals surface area contributed by atoms with E-state index in [0.717, 1.165) is 35.1 Å².